The molecule has 0 spiro atoms. The highest BCUT2D eigenvalue weighted by atomic mass is 32.2. The normalized spacial score (nSPS) is 18.8. The van der Waals surface area contributed by atoms with Gasteiger partial charge in [0.15, 0.2) is 0 Å². The monoisotopic (exact) mass is 377 g/mol. The Labute approximate surface area is 153 Å². The molecule has 0 unspecified atom stereocenters. The number of piperidine rings is 1. The number of carboxylic acids is 1. The average Bonchev–Trinajstić information content (AvgIpc) is 3.03. The van der Waals surface area contributed by atoms with E-state index in [0.717, 1.165) is 18.4 Å². The maximum atomic E-state index is 13.1. The number of hydrogen-bond acceptors (Lipinski definition) is 4. The van der Waals surface area contributed by atoms with Gasteiger partial charge in [-0.2, -0.15) is 9.40 Å². The summed E-state index contributed by atoms with van der Waals surface area (Å²) < 4.78 is 29.3. The summed E-state index contributed by atoms with van der Waals surface area (Å²) in [5.41, 5.74) is 1.73. The molecule has 1 aliphatic rings. The molecule has 0 radical (unpaired) electrons. The molecule has 140 valence electrons. The van der Waals surface area contributed by atoms with E-state index in [1.54, 1.807) is 29.8 Å². The molecule has 0 amide bonds. The van der Waals surface area contributed by atoms with Crippen LogP contribution in [-0.2, 0) is 16.6 Å². The fourth-order valence-corrected chi connectivity index (χ4v) is 5.18. The number of carboxylic acid groups (broad SMARTS) is 1. The van der Waals surface area contributed by atoms with Crippen molar-refractivity contribution in [3.8, 4) is 0 Å². The summed E-state index contributed by atoms with van der Waals surface area (Å²) >= 11 is 0. The van der Waals surface area contributed by atoms with E-state index < -0.39 is 16.0 Å². The van der Waals surface area contributed by atoms with Crippen molar-refractivity contribution in [3.05, 3.63) is 47.3 Å². The number of aromatic nitrogens is 2. The molecule has 1 fully saturated rings. The van der Waals surface area contributed by atoms with Crippen molar-refractivity contribution in [2.45, 2.75) is 44.0 Å². The number of sulfonamides is 1. The van der Waals surface area contributed by atoms with Crippen LogP contribution in [0.25, 0.3) is 0 Å². The van der Waals surface area contributed by atoms with Gasteiger partial charge in [-0.1, -0.05) is 12.1 Å². The smallest absolute Gasteiger partial charge is 0.335 e. The average molecular weight is 377 g/mol. The summed E-state index contributed by atoms with van der Waals surface area (Å²) in [6.07, 6.45) is 2.99. The van der Waals surface area contributed by atoms with Crippen molar-refractivity contribution in [1.82, 2.24) is 14.1 Å². The molecule has 26 heavy (non-hydrogen) atoms. The first-order valence-electron chi connectivity index (χ1n) is 8.70. The van der Waals surface area contributed by atoms with Crippen LogP contribution in [0.5, 0.6) is 0 Å². The summed E-state index contributed by atoms with van der Waals surface area (Å²) in [5.74, 6) is -0.992. The Morgan fingerprint density at radius 3 is 2.81 bits per heavy atom. The van der Waals surface area contributed by atoms with Crippen molar-refractivity contribution in [2.24, 2.45) is 0 Å². The molecule has 0 aliphatic carbocycles. The first kappa shape index (κ1) is 18.6. The number of nitrogens with zero attached hydrogens (tertiary/aromatic N) is 3. The fraction of sp³-hybridized carbons (Fsp3) is 0.444. The molecule has 3 rings (SSSR count). The van der Waals surface area contributed by atoms with E-state index in [0.29, 0.717) is 25.3 Å². The zero-order chi connectivity index (χ0) is 18.9. The van der Waals surface area contributed by atoms with Crippen molar-refractivity contribution < 1.29 is 18.3 Å². The summed E-state index contributed by atoms with van der Waals surface area (Å²) in [6, 6.07) is 6.77. The third-order valence-electron chi connectivity index (χ3n) is 4.96. The minimum atomic E-state index is -3.62. The van der Waals surface area contributed by atoms with Crippen LogP contribution in [0.2, 0.25) is 0 Å². The molecule has 2 heterocycles. The van der Waals surface area contributed by atoms with Gasteiger partial charge in [0, 0.05) is 19.6 Å². The molecule has 1 saturated heterocycles. The van der Waals surface area contributed by atoms with E-state index in [9.17, 15) is 18.3 Å². The van der Waals surface area contributed by atoms with Crippen LogP contribution in [0.1, 0.15) is 47.3 Å². The molecule has 1 atom stereocenters. The second-order valence-electron chi connectivity index (χ2n) is 6.54. The predicted molar refractivity (Wildman–Crippen MR) is 96.8 cm³/mol. The van der Waals surface area contributed by atoms with Gasteiger partial charge in [0.05, 0.1) is 17.5 Å². The number of hydrogen-bond donors (Lipinski definition) is 1. The second-order valence-corrected chi connectivity index (χ2v) is 8.45. The van der Waals surface area contributed by atoms with Gasteiger partial charge in [-0.3, -0.25) is 4.68 Å². The van der Waals surface area contributed by atoms with Crippen molar-refractivity contribution in [1.29, 1.82) is 0 Å². The minimum Gasteiger partial charge on any atom is -0.478 e. The summed E-state index contributed by atoms with van der Waals surface area (Å²) in [5, 5.41) is 13.3. The van der Waals surface area contributed by atoms with E-state index in [4.69, 9.17) is 0 Å². The van der Waals surface area contributed by atoms with Crippen LogP contribution < -0.4 is 0 Å². The Bertz CT molecular complexity index is 920. The predicted octanol–water partition coefficient (Wildman–Crippen LogP) is 2.48. The SMILES string of the molecule is CCn1ncc(S(=O)(=O)N2CCC[C@@H](c3cccc(C(=O)O)c3)C2)c1C. The molecule has 1 aromatic carbocycles. The van der Waals surface area contributed by atoms with Gasteiger partial charge in [0.1, 0.15) is 4.90 Å². The van der Waals surface area contributed by atoms with Gasteiger partial charge in [-0.05, 0) is 50.3 Å². The Kier molecular flexibility index (Phi) is 5.15. The van der Waals surface area contributed by atoms with Gasteiger partial charge >= 0.3 is 5.97 Å². The molecule has 8 heteroatoms. The molecule has 0 bridgehead atoms. The Balaban J connectivity index is 1.87. The third-order valence-corrected chi connectivity index (χ3v) is 6.93. The maximum absolute atomic E-state index is 13.1. The first-order chi connectivity index (χ1) is 12.3. The van der Waals surface area contributed by atoms with E-state index >= 15 is 0 Å². The number of rotatable bonds is 5. The standard InChI is InChI=1S/C18H23N3O4S/c1-3-21-13(2)17(11-19-21)26(24,25)20-9-5-8-16(12-20)14-6-4-7-15(10-14)18(22)23/h4,6-7,10-11,16H,3,5,8-9,12H2,1-2H3,(H,22,23)/t16-/m1/s1. The van der Waals surface area contributed by atoms with Crippen LogP contribution in [0.15, 0.2) is 35.4 Å². The molecule has 1 N–H and O–H groups in total. The maximum Gasteiger partial charge on any atom is 0.335 e. The zero-order valence-corrected chi connectivity index (χ0v) is 15.7. The lowest BCUT2D eigenvalue weighted by Gasteiger charge is -2.32. The zero-order valence-electron chi connectivity index (χ0n) is 14.9. The van der Waals surface area contributed by atoms with Crippen LogP contribution in [-0.4, -0.2) is 46.7 Å². The summed E-state index contributed by atoms with van der Waals surface area (Å²) in [7, 11) is -3.62. The van der Waals surface area contributed by atoms with Gasteiger partial charge in [0.2, 0.25) is 10.0 Å². The second kappa shape index (κ2) is 7.20. The Morgan fingerprint density at radius 2 is 2.15 bits per heavy atom. The summed E-state index contributed by atoms with van der Waals surface area (Å²) in [6.45, 7) is 5.12. The van der Waals surface area contributed by atoms with Crippen LogP contribution in [0.3, 0.4) is 0 Å². The highest BCUT2D eigenvalue weighted by molar-refractivity contribution is 7.89. The molecule has 2 aromatic rings. The van der Waals surface area contributed by atoms with Crippen LogP contribution >= 0.6 is 0 Å². The van der Waals surface area contributed by atoms with E-state index in [2.05, 4.69) is 5.10 Å². The number of aryl methyl sites for hydroxylation is 1. The van der Waals surface area contributed by atoms with Crippen molar-refractivity contribution >= 4 is 16.0 Å². The fourth-order valence-electron chi connectivity index (χ4n) is 3.50. The topological polar surface area (TPSA) is 92.5 Å². The lowest BCUT2D eigenvalue weighted by molar-refractivity contribution is 0.0696. The highest BCUT2D eigenvalue weighted by Gasteiger charge is 2.33. The minimum absolute atomic E-state index is 0.0145. The van der Waals surface area contributed by atoms with Gasteiger partial charge in [0.25, 0.3) is 0 Å². The molecule has 1 aliphatic heterocycles. The van der Waals surface area contributed by atoms with Crippen LogP contribution in [0, 0.1) is 6.92 Å². The number of aromatic carboxylic acids is 1. The summed E-state index contributed by atoms with van der Waals surface area (Å²) in [4.78, 5) is 11.4. The van der Waals surface area contributed by atoms with Crippen molar-refractivity contribution in [2.75, 3.05) is 13.1 Å². The van der Waals surface area contributed by atoms with E-state index in [-0.39, 0.29) is 16.4 Å². The molecule has 0 saturated carbocycles. The van der Waals surface area contributed by atoms with Gasteiger partial charge < -0.3 is 5.11 Å². The lowest BCUT2D eigenvalue weighted by Crippen LogP contribution is -2.39. The third kappa shape index (κ3) is 3.39. The quantitative estimate of drug-likeness (QED) is 0.864. The largest absolute Gasteiger partial charge is 0.478 e. The molecular formula is C18H23N3O4S. The molecule has 7 nitrogen and oxygen atoms in total. The molecule has 1 aromatic heterocycles. The van der Waals surface area contributed by atoms with E-state index in [1.165, 1.54) is 10.5 Å². The van der Waals surface area contributed by atoms with Gasteiger partial charge in [-0.15, -0.1) is 0 Å². The Hall–Kier alpha value is -2.19. The highest BCUT2D eigenvalue weighted by Crippen LogP contribution is 2.31. The Morgan fingerprint density at radius 1 is 1.38 bits per heavy atom. The number of benzene rings is 1. The van der Waals surface area contributed by atoms with Crippen molar-refractivity contribution in [3.63, 3.8) is 0 Å². The van der Waals surface area contributed by atoms with E-state index in [1.807, 2.05) is 13.0 Å². The molecular weight excluding hydrogens is 354 g/mol. The lowest BCUT2D eigenvalue weighted by atomic mass is 9.91. The van der Waals surface area contributed by atoms with Gasteiger partial charge in [-0.25, -0.2) is 13.2 Å². The first-order valence-corrected chi connectivity index (χ1v) is 10.1. The van der Waals surface area contributed by atoms with Crippen LogP contribution in [0.4, 0.5) is 0 Å². The number of carbonyl (C=O) groups is 1.